The molecule has 9 nitrogen and oxygen atoms in total. The van der Waals surface area contributed by atoms with Gasteiger partial charge in [-0.1, -0.05) is 26.2 Å². The maximum atomic E-state index is 15.5. The minimum Gasteiger partial charge on any atom is -0.376 e. The monoisotopic (exact) mass is 562 g/mol. The molecule has 10 heteroatoms. The molecule has 3 aliphatic rings. The topological polar surface area (TPSA) is 113 Å². The van der Waals surface area contributed by atoms with Crippen LogP contribution in [0.3, 0.4) is 0 Å². The van der Waals surface area contributed by atoms with E-state index in [0.29, 0.717) is 13.1 Å². The number of rotatable bonds is 8. The Morgan fingerprint density at radius 3 is 2.58 bits per heavy atom. The fraction of sp³-hybridized carbons (Fsp3) is 0.867. The summed E-state index contributed by atoms with van der Waals surface area (Å²) in [5, 5.41) is 20.4. The number of unbranched alkanes of at least 4 members (excludes halogenated alkanes) is 2. The van der Waals surface area contributed by atoms with E-state index in [0.717, 1.165) is 64.7 Å². The van der Waals surface area contributed by atoms with Gasteiger partial charge >= 0.3 is 0 Å². The van der Waals surface area contributed by atoms with Gasteiger partial charge < -0.3 is 26.2 Å². The summed E-state index contributed by atoms with van der Waals surface area (Å²) in [5.74, 6) is -0.716. The molecule has 3 heterocycles. The van der Waals surface area contributed by atoms with Crippen molar-refractivity contribution in [2.24, 2.45) is 23.0 Å². The molecular formula is C30H55FN8O. The molecule has 0 aromatic rings. The fourth-order valence-corrected chi connectivity index (χ4v) is 6.56. The molecule has 0 bridgehead atoms. The van der Waals surface area contributed by atoms with Crippen molar-refractivity contribution in [3.05, 3.63) is 12.0 Å². The number of nitrogens with one attached hydrogen (secondary N) is 3. The van der Waals surface area contributed by atoms with E-state index in [1.807, 2.05) is 25.8 Å². The normalized spacial score (nSPS) is 33.6. The van der Waals surface area contributed by atoms with Gasteiger partial charge in [-0.15, -0.1) is 0 Å². The molecule has 0 aliphatic carbocycles. The van der Waals surface area contributed by atoms with Gasteiger partial charge in [0, 0.05) is 58.1 Å². The number of amides is 1. The molecule has 0 spiro atoms. The number of piperazine rings is 1. The van der Waals surface area contributed by atoms with Crippen LogP contribution >= 0.6 is 0 Å². The van der Waals surface area contributed by atoms with Crippen LogP contribution in [0, 0.1) is 28.6 Å². The highest BCUT2D eigenvalue weighted by molar-refractivity contribution is 5.80. The predicted octanol–water partition coefficient (Wildman–Crippen LogP) is 2.22. The molecule has 2 fully saturated rings. The Hall–Kier alpha value is -1.77. The fourth-order valence-electron chi connectivity index (χ4n) is 6.56. The zero-order valence-electron chi connectivity index (χ0n) is 25.8. The second-order valence-electron chi connectivity index (χ2n) is 13.1. The molecule has 7 atom stereocenters. The average molecular weight is 563 g/mol. The molecule has 5 N–H and O–H groups in total. The molecule has 3 aliphatic heterocycles. The van der Waals surface area contributed by atoms with Crippen LogP contribution in [0.4, 0.5) is 4.39 Å². The number of carbonyl (C=O) groups excluding carboxylic acids is 1. The zero-order valence-corrected chi connectivity index (χ0v) is 25.8. The summed E-state index contributed by atoms with van der Waals surface area (Å²) >= 11 is 0. The van der Waals surface area contributed by atoms with Crippen molar-refractivity contribution in [3.8, 4) is 6.07 Å². The maximum absolute atomic E-state index is 15.5. The van der Waals surface area contributed by atoms with Crippen LogP contribution in [0.1, 0.15) is 66.2 Å². The molecule has 40 heavy (non-hydrogen) atoms. The van der Waals surface area contributed by atoms with Crippen molar-refractivity contribution in [2.75, 3.05) is 53.4 Å². The van der Waals surface area contributed by atoms with Crippen LogP contribution in [0.15, 0.2) is 12.0 Å². The lowest BCUT2D eigenvalue weighted by atomic mass is 9.76. The van der Waals surface area contributed by atoms with Crippen LogP contribution in [-0.2, 0) is 4.79 Å². The number of nitrogens with two attached hydrogens (primary N) is 1. The third-order valence-corrected chi connectivity index (χ3v) is 9.35. The molecule has 0 aromatic carbocycles. The Labute approximate surface area is 242 Å². The first kappa shape index (κ1) is 32.7. The van der Waals surface area contributed by atoms with E-state index in [2.05, 4.69) is 52.7 Å². The largest absolute Gasteiger partial charge is 0.376 e. The molecule has 0 saturated carbocycles. The molecule has 7 unspecified atom stereocenters. The molecule has 228 valence electrons. The summed E-state index contributed by atoms with van der Waals surface area (Å²) in [4.78, 5) is 20.5. The van der Waals surface area contributed by atoms with Crippen molar-refractivity contribution < 1.29 is 9.18 Å². The third-order valence-electron chi connectivity index (χ3n) is 9.35. The van der Waals surface area contributed by atoms with Gasteiger partial charge in [-0.3, -0.25) is 15.0 Å². The van der Waals surface area contributed by atoms with Crippen LogP contribution < -0.4 is 21.7 Å². The Bertz CT molecular complexity index is 883. The highest BCUT2D eigenvalue weighted by Gasteiger charge is 2.42. The molecule has 3 rings (SSSR count). The van der Waals surface area contributed by atoms with E-state index in [4.69, 9.17) is 5.73 Å². The summed E-state index contributed by atoms with van der Waals surface area (Å²) in [6.45, 7) is 12.8. The molecule has 1 amide bonds. The number of hydrogen-bond acceptors (Lipinski definition) is 8. The zero-order chi connectivity index (χ0) is 29.4. The molecular weight excluding hydrogens is 507 g/mol. The summed E-state index contributed by atoms with van der Waals surface area (Å²) in [6, 6.07) is 1.59. The summed E-state index contributed by atoms with van der Waals surface area (Å²) in [5.41, 5.74) is 6.30. The minimum atomic E-state index is -0.543. The van der Waals surface area contributed by atoms with Crippen molar-refractivity contribution in [1.29, 1.82) is 5.26 Å². The number of nitrogens with zero attached hydrogens (tertiary/aromatic N) is 4. The van der Waals surface area contributed by atoms with E-state index in [1.54, 1.807) is 6.20 Å². The average Bonchev–Trinajstić information content (AvgIpc) is 2.88. The predicted molar refractivity (Wildman–Crippen MR) is 159 cm³/mol. The summed E-state index contributed by atoms with van der Waals surface area (Å²) in [6.07, 6.45) is 6.76. The van der Waals surface area contributed by atoms with E-state index in [9.17, 15) is 10.1 Å². The van der Waals surface area contributed by atoms with Crippen molar-refractivity contribution in [3.63, 3.8) is 0 Å². The lowest BCUT2D eigenvalue weighted by Crippen LogP contribution is -2.65. The van der Waals surface area contributed by atoms with E-state index in [1.165, 1.54) is 0 Å². The third kappa shape index (κ3) is 8.62. The first-order valence-corrected chi connectivity index (χ1v) is 15.4. The Kier molecular flexibility index (Phi) is 12.2. The van der Waals surface area contributed by atoms with Crippen LogP contribution in [0.2, 0.25) is 0 Å². The summed E-state index contributed by atoms with van der Waals surface area (Å²) < 4.78 is 15.5. The smallest absolute Gasteiger partial charge is 0.227 e. The van der Waals surface area contributed by atoms with Gasteiger partial charge in [0.25, 0.3) is 0 Å². The van der Waals surface area contributed by atoms with E-state index >= 15 is 4.39 Å². The lowest BCUT2D eigenvalue weighted by Gasteiger charge is -2.45. The van der Waals surface area contributed by atoms with Crippen LogP contribution in [-0.4, -0.2) is 104 Å². The molecule has 0 radical (unpaired) electrons. The van der Waals surface area contributed by atoms with Crippen molar-refractivity contribution in [2.45, 2.75) is 96.6 Å². The first-order valence-electron chi connectivity index (χ1n) is 15.4. The second kappa shape index (κ2) is 14.9. The summed E-state index contributed by atoms with van der Waals surface area (Å²) in [7, 11) is 3.93. The quantitative estimate of drug-likeness (QED) is 0.333. The van der Waals surface area contributed by atoms with Gasteiger partial charge in [0.2, 0.25) is 5.91 Å². The van der Waals surface area contributed by atoms with Gasteiger partial charge in [0.1, 0.15) is 5.83 Å². The van der Waals surface area contributed by atoms with E-state index < -0.39 is 23.5 Å². The van der Waals surface area contributed by atoms with Crippen LogP contribution in [0.5, 0.6) is 0 Å². The van der Waals surface area contributed by atoms with Crippen LogP contribution in [0.25, 0.3) is 0 Å². The highest BCUT2D eigenvalue weighted by atomic mass is 19.1. The highest BCUT2D eigenvalue weighted by Crippen LogP contribution is 2.31. The number of nitriles is 1. The molecule has 2 saturated heterocycles. The molecule has 0 aromatic heterocycles. The second-order valence-corrected chi connectivity index (χ2v) is 13.1. The Balaban J connectivity index is 1.86. The first-order chi connectivity index (χ1) is 19.0. The maximum Gasteiger partial charge on any atom is 0.227 e. The van der Waals surface area contributed by atoms with Crippen molar-refractivity contribution >= 4 is 5.91 Å². The Morgan fingerprint density at radius 2 is 1.93 bits per heavy atom. The van der Waals surface area contributed by atoms with Gasteiger partial charge in [0.05, 0.1) is 35.7 Å². The number of carbonyl (C=O) groups is 1. The van der Waals surface area contributed by atoms with Gasteiger partial charge in [-0.2, -0.15) is 5.26 Å². The van der Waals surface area contributed by atoms with Crippen molar-refractivity contribution in [1.82, 2.24) is 30.7 Å². The minimum absolute atomic E-state index is 0.107. The SMILES string of the molecule is CCCCCC1NCC(C(C)(C)C#N)CCC(C)NC(N)C1C(=O)NC1CN(C)C=C(F)C1N1CCN(C)CC1. The van der Waals surface area contributed by atoms with Gasteiger partial charge in [-0.25, -0.2) is 4.39 Å². The Morgan fingerprint density at radius 1 is 1.23 bits per heavy atom. The number of hydrogen-bond donors (Lipinski definition) is 4. The van der Waals surface area contributed by atoms with Gasteiger partial charge in [-0.05, 0) is 59.5 Å². The number of likely N-dealkylation sites (N-methyl/N-ethyl adjacent to an activating group) is 2. The van der Waals surface area contributed by atoms with Gasteiger partial charge in [0.15, 0.2) is 0 Å². The van der Waals surface area contributed by atoms with E-state index in [-0.39, 0.29) is 35.8 Å². The standard InChI is InChI=1S/C30H55FN8O/c1-7-8-9-10-24-26(28(33)35-21(2)11-12-22(17-34-24)30(3,4)20-32)29(40)36-25-19-38(6)18-23(31)27(25)39-15-13-37(5)14-16-39/h18,21-22,24-28,34-35H,7-17,19,33H2,1-6H3,(H,36,40). The number of halogens is 1. The lowest BCUT2D eigenvalue weighted by molar-refractivity contribution is -0.128.